The number of hydrogen-bond acceptors (Lipinski definition) is 11. The van der Waals surface area contributed by atoms with Crippen LogP contribution in [-0.4, -0.2) is 105 Å². The van der Waals surface area contributed by atoms with Gasteiger partial charge in [0.15, 0.2) is 0 Å². The number of methoxy groups -OCH3 is 1. The van der Waals surface area contributed by atoms with Crippen LogP contribution in [-0.2, 0) is 22.0 Å². The quantitative estimate of drug-likeness (QED) is 0.186. The van der Waals surface area contributed by atoms with E-state index >= 15 is 0 Å². The molecule has 1 aromatic heterocycles. The monoisotopic (exact) mass is 682 g/mol. The number of carbonyl (C=O) groups excluding carboxylic acids is 1. The first-order valence-corrected chi connectivity index (χ1v) is 17.1. The van der Waals surface area contributed by atoms with Crippen molar-refractivity contribution in [2.75, 3.05) is 99.3 Å². The molecule has 3 aromatic rings. The van der Waals surface area contributed by atoms with Gasteiger partial charge in [-0.15, -0.1) is 0 Å². The van der Waals surface area contributed by atoms with Crippen LogP contribution in [0.15, 0.2) is 55.3 Å². The summed E-state index contributed by atoms with van der Waals surface area (Å²) in [6.45, 7) is 11.6. The number of allylic oxidation sites excluding steroid dienone is 1. The third-order valence-electron chi connectivity index (χ3n) is 8.60. The number of aryl methyl sites for hydroxylation is 1. The first-order chi connectivity index (χ1) is 23.1. The van der Waals surface area contributed by atoms with Gasteiger partial charge >= 0.3 is 0 Å². The van der Waals surface area contributed by atoms with Crippen molar-refractivity contribution in [1.82, 2.24) is 19.8 Å². The fraction of sp³-hybridized carbons (Fsp3) is 0.441. The van der Waals surface area contributed by atoms with Crippen molar-refractivity contribution in [3.8, 4) is 5.75 Å². The van der Waals surface area contributed by atoms with Crippen molar-refractivity contribution in [3.63, 3.8) is 0 Å². The molecule has 0 saturated carbocycles. The molecule has 0 aliphatic carbocycles. The van der Waals surface area contributed by atoms with Crippen LogP contribution in [0.5, 0.6) is 5.75 Å². The number of aromatic nitrogens is 2. The predicted octanol–water partition coefficient (Wildman–Crippen LogP) is 5.12. The largest absolute Gasteiger partial charge is 0.494 e. The van der Waals surface area contributed by atoms with Gasteiger partial charge in [0.05, 0.1) is 43.8 Å². The lowest BCUT2D eigenvalue weighted by molar-refractivity contribution is -0.136. The first-order valence-electron chi connectivity index (χ1n) is 15.9. The van der Waals surface area contributed by atoms with Gasteiger partial charge in [-0.05, 0) is 42.3 Å². The molecule has 48 heavy (non-hydrogen) atoms. The molecule has 0 atom stereocenters. The summed E-state index contributed by atoms with van der Waals surface area (Å²) >= 11 is 1.56. The molecule has 0 unspecified atom stereocenters. The fourth-order valence-electron chi connectivity index (χ4n) is 5.69. The molecular formula is C34H44F2N8O3S. The Kier molecular flexibility index (Phi) is 11.6. The summed E-state index contributed by atoms with van der Waals surface area (Å²) < 4.78 is 43.0. The lowest BCUT2D eigenvalue weighted by atomic mass is 10.1. The molecule has 2 aliphatic rings. The fourth-order valence-corrected chi connectivity index (χ4v) is 6.06. The lowest BCUT2D eigenvalue weighted by Crippen LogP contribution is -2.51. The molecule has 258 valence electrons. The molecule has 5 rings (SSSR count). The van der Waals surface area contributed by atoms with Crippen LogP contribution < -0.4 is 24.6 Å². The van der Waals surface area contributed by atoms with Gasteiger partial charge in [-0.25, -0.2) is 4.98 Å². The molecule has 2 N–H and O–H groups in total. The Morgan fingerprint density at radius 3 is 2.58 bits per heavy atom. The number of alkyl halides is 2. The third-order valence-corrected chi connectivity index (χ3v) is 9.34. The highest BCUT2D eigenvalue weighted by Crippen LogP contribution is 2.36. The van der Waals surface area contributed by atoms with Gasteiger partial charge < -0.3 is 34.2 Å². The summed E-state index contributed by atoms with van der Waals surface area (Å²) in [4.78, 5) is 27.7. The Labute approximate surface area is 285 Å². The molecule has 3 heterocycles. The summed E-state index contributed by atoms with van der Waals surface area (Å²) in [6.07, 6.45) is 3.68. The van der Waals surface area contributed by atoms with E-state index in [4.69, 9.17) is 9.47 Å². The number of halogens is 2. The van der Waals surface area contributed by atoms with E-state index in [0.29, 0.717) is 50.4 Å². The molecule has 0 bridgehead atoms. The molecule has 0 spiro atoms. The van der Waals surface area contributed by atoms with E-state index in [1.807, 2.05) is 59.8 Å². The van der Waals surface area contributed by atoms with E-state index < -0.39 is 5.92 Å². The number of anilines is 5. The Hall–Kier alpha value is -4.14. The topological polar surface area (TPSA) is 98.3 Å². The number of ether oxygens (including phenoxy) is 2. The number of amides is 1. The number of carbonyl (C=O) groups is 1. The number of morpholine rings is 1. The molecule has 2 saturated heterocycles. The van der Waals surface area contributed by atoms with Gasteiger partial charge in [0.2, 0.25) is 11.9 Å². The minimum absolute atomic E-state index is 0.00344. The standard InChI is InChI=1S/C34H44F2N8O3S/c1-6-34(35,36)27-22-38-33(40-32(27)37-21-25-8-7-24(2)19-29(25)41(3)48-5)39-28-10-9-26(20-30(28)46-4)43-13-11-42(12-14-43)23-31(45)44-15-17-47-18-16-44/h6-10,19-20,22H,1,11-18,21,23H2,2-5H3,(H2,37,38,39,40). The van der Waals surface area contributed by atoms with Crippen molar-refractivity contribution in [3.05, 3.63) is 71.9 Å². The second-order valence-electron chi connectivity index (χ2n) is 11.7. The molecule has 0 radical (unpaired) electrons. The van der Waals surface area contributed by atoms with Gasteiger partial charge in [0, 0.05) is 77.1 Å². The second kappa shape index (κ2) is 15.8. The maximum Gasteiger partial charge on any atom is 0.296 e. The summed E-state index contributed by atoms with van der Waals surface area (Å²) in [5, 5.41) is 6.27. The highest BCUT2D eigenvalue weighted by atomic mass is 32.2. The zero-order chi connectivity index (χ0) is 34.3. The molecule has 2 aliphatic heterocycles. The Morgan fingerprint density at radius 2 is 1.90 bits per heavy atom. The number of benzene rings is 2. The van der Waals surface area contributed by atoms with Gasteiger partial charge in [0.1, 0.15) is 11.6 Å². The van der Waals surface area contributed by atoms with Crippen molar-refractivity contribution in [2.45, 2.75) is 19.4 Å². The zero-order valence-corrected chi connectivity index (χ0v) is 28.8. The maximum absolute atomic E-state index is 14.9. The van der Waals surface area contributed by atoms with Crippen LogP contribution in [0.2, 0.25) is 0 Å². The third kappa shape index (κ3) is 8.47. The first kappa shape index (κ1) is 35.2. The Balaban J connectivity index is 1.28. The van der Waals surface area contributed by atoms with E-state index in [9.17, 15) is 13.6 Å². The average Bonchev–Trinajstić information content (AvgIpc) is 3.11. The Morgan fingerprint density at radius 1 is 1.15 bits per heavy atom. The summed E-state index contributed by atoms with van der Waals surface area (Å²) in [7, 11) is 3.54. The smallest absolute Gasteiger partial charge is 0.296 e. The van der Waals surface area contributed by atoms with Crippen molar-refractivity contribution in [2.24, 2.45) is 0 Å². The molecular weight excluding hydrogens is 638 g/mol. The van der Waals surface area contributed by atoms with Gasteiger partial charge in [0.25, 0.3) is 5.92 Å². The van der Waals surface area contributed by atoms with Gasteiger partial charge in [-0.1, -0.05) is 30.7 Å². The maximum atomic E-state index is 14.9. The lowest BCUT2D eigenvalue weighted by Gasteiger charge is -2.37. The number of hydrogen-bond donors (Lipinski definition) is 2. The number of nitrogens with zero attached hydrogens (tertiary/aromatic N) is 6. The molecule has 14 heteroatoms. The van der Waals surface area contributed by atoms with E-state index in [-0.39, 0.29) is 29.8 Å². The molecule has 2 fully saturated rings. The zero-order valence-electron chi connectivity index (χ0n) is 28.0. The summed E-state index contributed by atoms with van der Waals surface area (Å²) in [5.41, 5.74) is 4.20. The highest BCUT2D eigenvalue weighted by molar-refractivity contribution is 7.99. The van der Waals surface area contributed by atoms with E-state index in [0.717, 1.165) is 54.9 Å². The summed E-state index contributed by atoms with van der Waals surface area (Å²) in [6, 6.07) is 11.8. The van der Waals surface area contributed by atoms with Gasteiger partial charge in [-0.2, -0.15) is 13.8 Å². The van der Waals surface area contributed by atoms with Crippen molar-refractivity contribution >= 4 is 46.7 Å². The van der Waals surface area contributed by atoms with E-state index in [1.54, 1.807) is 19.1 Å². The van der Waals surface area contributed by atoms with Crippen LogP contribution in [0.25, 0.3) is 0 Å². The molecule has 2 aromatic carbocycles. The van der Waals surface area contributed by atoms with Gasteiger partial charge in [-0.3, -0.25) is 9.69 Å². The van der Waals surface area contributed by atoms with Crippen LogP contribution in [0.1, 0.15) is 16.7 Å². The average molecular weight is 683 g/mol. The van der Waals surface area contributed by atoms with E-state index in [1.165, 1.54) is 0 Å². The molecule has 11 nitrogen and oxygen atoms in total. The number of piperazine rings is 1. The van der Waals surface area contributed by atoms with Crippen LogP contribution >= 0.6 is 11.9 Å². The SMILES string of the molecule is C=CC(F)(F)c1cnc(Nc2ccc(N3CCN(CC(=O)N4CCOCC4)CC3)cc2OC)nc1NCc1ccc(C)cc1N(C)SC. The van der Waals surface area contributed by atoms with Crippen LogP contribution in [0.3, 0.4) is 0 Å². The number of nitrogens with one attached hydrogen (secondary N) is 2. The highest BCUT2D eigenvalue weighted by Gasteiger charge is 2.32. The van der Waals surface area contributed by atoms with E-state index in [2.05, 4.69) is 43.0 Å². The minimum atomic E-state index is -3.34. The van der Waals surface area contributed by atoms with Crippen LogP contribution in [0, 0.1) is 6.92 Å². The summed E-state index contributed by atoms with van der Waals surface area (Å²) in [5.74, 6) is -2.51. The van der Waals surface area contributed by atoms with Crippen molar-refractivity contribution in [1.29, 1.82) is 0 Å². The number of rotatable bonds is 13. The molecule has 1 amide bonds. The Bertz CT molecular complexity index is 1580. The second-order valence-corrected chi connectivity index (χ2v) is 12.6. The predicted molar refractivity (Wildman–Crippen MR) is 189 cm³/mol. The van der Waals surface area contributed by atoms with Crippen LogP contribution in [0.4, 0.5) is 37.6 Å². The van der Waals surface area contributed by atoms with Crippen molar-refractivity contribution < 1.29 is 23.0 Å². The normalized spacial score (nSPS) is 15.6. The minimum Gasteiger partial charge on any atom is -0.494 e.